The number of aromatic nitrogens is 9. The molecule has 0 radical (unpaired) electrons. The number of halogens is 2. The van der Waals surface area contributed by atoms with Gasteiger partial charge in [-0.2, -0.15) is 4.68 Å². The molecule has 0 unspecified atom stereocenters. The Morgan fingerprint density at radius 3 is 2.86 bits per heavy atom. The smallest absolute Gasteiger partial charge is 0.254 e. The molecule has 0 saturated carbocycles. The van der Waals surface area contributed by atoms with E-state index in [1.54, 1.807) is 36.2 Å². The molecule has 0 spiro atoms. The third-order valence-electron chi connectivity index (χ3n) is 6.40. The molecule has 2 atom stereocenters. The standard InChI is InChI=1S/C24H19ClFN9O2/c1-12-7-18(23-28-10-16(30-23)13-5-6-27-19(8-13)37-2)35-20(36)9-15(31-24(12)35)21-17(34-11-29-32-33-34)4-3-14(25)22(21)26/h3-6,8-12,18H,7H2,1-2H3,(H,28,30)/t12-,18+/m0/s1. The first kappa shape index (κ1) is 23.0. The van der Waals surface area contributed by atoms with Crippen LogP contribution in [0.2, 0.25) is 5.02 Å². The number of hydrogen-bond donors (Lipinski definition) is 1. The first-order chi connectivity index (χ1) is 17.9. The third kappa shape index (κ3) is 3.85. The van der Waals surface area contributed by atoms with Gasteiger partial charge < -0.3 is 9.72 Å². The molecule has 0 saturated heterocycles. The molecule has 11 nitrogen and oxygen atoms in total. The van der Waals surface area contributed by atoms with Crippen LogP contribution in [0.25, 0.3) is 28.2 Å². The van der Waals surface area contributed by atoms with Gasteiger partial charge in [-0.3, -0.25) is 9.36 Å². The molecule has 6 rings (SSSR count). The van der Waals surface area contributed by atoms with Crippen molar-refractivity contribution >= 4 is 11.6 Å². The maximum Gasteiger partial charge on any atom is 0.254 e. The topological polar surface area (TPSA) is 129 Å². The average molecular weight is 520 g/mol. The Morgan fingerprint density at radius 1 is 1.22 bits per heavy atom. The first-order valence-corrected chi connectivity index (χ1v) is 11.7. The number of rotatable bonds is 5. The summed E-state index contributed by atoms with van der Waals surface area (Å²) in [5.74, 6) is 0.827. The van der Waals surface area contributed by atoms with E-state index in [1.165, 1.54) is 23.1 Å². The molecule has 0 aliphatic carbocycles. The SMILES string of the molecule is COc1cc(-c2cnc([C@H]3C[C@H](C)c4nc(-c5c(-n6cnnn6)ccc(Cl)c5F)cc(=O)n43)[nH]2)ccn1. The number of hydrogen-bond acceptors (Lipinski definition) is 8. The van der Waals surface area contributed by atoms with E-state index in [0.717, 1.165) is 11.3 Å². The van der Waals surface area contributed by atoms with Crippen LogP contribution in [0, 0.1) is 5.82 Å². The normalized spacial score (nSPS) is 16.6. The summed E-state index contributed by atoms with van der Waals surface area (Å²) in [7, 11) is 1.55. The van der Waals surface area contributed by atoms with Gasteiger partial charge in [0.1, 0.15) is 18.0 Å². The van der Waals surface area contributed by atoms with Crippen LogP contribution in [0.5, 0.6) is 5.88 Å². The summed E-state index contributed by atoms with van der Waals surface area (Å²) in [4.78, 5) is 30.2. The average Bonchev–Trinajstić information content (AvgIpc) is 3.66. The summed E-state index contributed by atoms with van der Waals surface area (Å²) >= 11 is 6.09. The number of tetrazole rings is 1. The fourth-order valence-corrected chi connectivity index (χ4v) is 4.82. The zero-order valence-corrected chi connectivity index (χ0v) is 20.4. The zero-order chi connectivity index (χ0) is 25.7. The van der Waals surface area contributed by atoms with Gasteiger partial charge in [0, 0.05) is 29.8 Å². The molecule has 13 heteroatoms. The second-order valence-corrected chi connectivity index (χ2v) is 9.05. The van der Waals surface area contributed by atoms with E-state index >= 15 is 4.39 Å². The van der Waals surface area contributed by atoms with Gasteiger partial charge in [0.2, 0.25) is 5.88 Å². The van der Waals surface area contributed by atoms with Crippen LogP contribution in [0.3, 0.4) is 0 Å². The van der Waals surface area contributed by atoms with Crippen molar-refractivity contribution in [3.05, 3.63) is 81.9 Å². The number of methoxy groups -OCH3 is 1. The third-order valence-corrected chi connectivity index (χ3v) is 6.69. The molecule has 186 valence electrons. The van der Waals surface area contributed by atoms with Crippen molar-refractivity contribution in [3.8, 4) is 34.1 Å². The summed E-state index contributed by atoms with van der Waals surface area (Å²) in [5.41, 5.74) is 1.79. The fraction of sp³-hybridized carbons (Fsp3) is 0.208. The summed E-state index contributed by atoms with van der Waals surface area (Å²) in [6.07, 6.45) is 5.28. The summed E-state index contributed by atoms with van der Waals surface area (Å²) in [6, 6.07) is 7.56. The van der Waals surface area contributed by atoms with E-state index < -0.39 is 5.82 Å². The number of aromatic amines is 1. The lowest BCUT2D eigenvalue weighted by molar-refractivity contribution is 0.398. The quantitative estimate of drug-likeness (QED) is 0.373. The van der Waals surface area contributed by atoms with Crippen LogP contribution in [-0.2, 0) is 0 Å². The van der Waals surface area contributed by atoms with Gasteiger partial charge in [-0.25, -0.2) is 19.3 Å². The lowest BCUT2D eigenvalue weighted by Gasteiger charge is -2.15. The van der Waals surface area contributed by atoms with Crippen molar-refractivity contribution in [3.63, 3.8) is 0 Å². The summed E-state index contributed by atoms with van der Waals surface area (Å²) < 4.78 is 23.4. The molecule has 0 fully saturated rings. The summed E-state index contributed by atoms with van der Waals surface area (Å²) in [5, 5.41) is 11.0. The molecule has 0 amide bonds. The van der Waals surface area contributed by atoms with E-state index in [-0.39, 0.29) is 33.8 Å². The number of benzene rings is 1. The fourth-order valence-electron chi connectivity index (χ4n) is 4.67. The number of ether oxygens (including phenoxy) is 1. The molecular weight excluding hydrogens is 501 g/mol. The van der Waals surface area contributed by atoms with E-state index in [4.69, 9.17) is 21.3 Å². The van der Waals surface area contributed by atoms with Gasteiger partial charge in [-0.1, -0.05) is 18.5 Å². The predicted molar refractivity (Wildman–Crippen MR) is 131 cm³/mol. The van der Waals surface area contributed by atoms with Crippen molar-refractivity contribution in [2.45, 2.75) is 25.3 Å². The van der Waals surface area contributed by atoms with Crippen LogP contribution >= 0.6 is 11.6 Å². The number of H-pyrrole nitrogens is 1. The van der Waals surface area contributed by atoms with Crippen LogP contribution in [0.15, 0.2) is 53.8 Å². The van der Waals surface area contributed by atoms with E-state index in [2.05, 4.69) is 30.5 Å². The van der Waals surface area contributed by atoms with E-state index in [0.29, 0.717) is 29.6 Å². The Balaban J connectivity index is 1.43. The molecule has 1 aliphatic rings. The lowest BCUT2D eigenvalue weighted by atomic mass is 10.1. The zero-order valence-electron chi connectivity index (χ0n) is 19.6. The number of pyridine rings is 1. The molecule has 1 N–H and O–H groups in total. The monoisotopic (exact) mass is 519 g/mol. The Hall–Kier alpha value is -4.45. The van der Waals surface area contributed by atoms with Crippen LogP contribution in [0.4, 0.5) is 4.39 Å². The highest BCUT2D eigenvalue weighted by molar-refractivity contribution is 6.31. The molecule has 5 aromatic rings. The molecule has 1 aliphatic heterocycles. The van der Waals surface area contributed by atoms with Crippen molar-refractivity contribution < 1.29 is 9.13 Å². The second-order valence-electron chi connectivity index (χ2n) is 8.64. The maximum atomic E-state index is 15.3. The maximum absolute atomic E-state index is 15.3. The summed E-state index contributed by atoms with van der Waals surface area (Å²) in [6.45, 7) is 1.97. The Bertz CT molecular complexity index is 1680. The van der Waals surface area contributed by atoms with Crippen LogP contribution in [-0.4, -0.2) is 51.8 Å². The minimum absolute atomic E-state index is 0.0443. The van der Waals surface area contributed by atoms with Crippen molar-refractivity contribution in [2.24, 2.45) is 0 Å². The van der Waals surface area contributed by atoms with Gasteiger partial charge in [0.05, 0.1) is 47.0 Å². The largest absolute Gasteiger partial charge is 0.481 e. The van der Waals surface area contributed by atoms with E-state index in [1.807, 2.05) is 13.0 Å². The van der Waals surface area contributed by atoms with Gasteiger partial charge in [0.25, 0.3) is 5.56 Å². The lowest BCUT2D eigenvalue weighted by Crippen LogP contribution is -2.25. The molecule has 1 aromatic carbocycles. The molecule has 0 bridgehead atoms. The molecule has 5 heterocycles. The highest BCUT2D eigenvalue weighted by atomic mass is 35.5. The minimum Gasteiger partial charge on any atom is -0.481 e. The van der Waals surface area contributed by atoms with Crippen molar-refractivity contribution in [2.75, 3.05) is 7.11 Å². The van der Waals surface area contributed by atoms with Gasteiger partial charge in [0.15, 0.2) is 5.82 Å². The van der Waals surface area contributed by atoms with Crippen LogP contribution < -0.4 is 10.3 Å². The minimum atomic E-state index is -0.711. The predicted octanol–water partition coefficient (Wildman–Crippen LogP) is 3.57. The first-order valence-electron chi connectivity index (χ1n) is 11.3. The van der Waals surface area contributed by atoms with Gasteiger partial charge in [-0.15, -0.1) is 5.10 Å². The number of fused-ring (bicyclic) bond motifs is 1. The molecule has 37 heavy (non-hydrogen) atoms. The number of nitrogens with zero attached hydrogens (tertiary/aromatic N) is 8. The molecule has 4 aromatic heterocycles. The Labute approximate surface area is 214 Å². The number of imidazole rings is 1. The van der Waals surface area contributed by atoms with Crippen molar-refractivity contribution in [1.82, 2.24) is 44.7 Å². The van der Waals surface area contributed by atoms with Gasteiger partial charge >= 0.3 is 0 Å². The van der Waals surface area contributed by atoms with E-state index in [9.17, 15) is 4.79 Å². The van der Waals surface area contributed by atoms with Crippen LogP contribution in [0.1, 0.15) is 37.0 Å². The second kappa shape index (κ2) is 8.89. The molecular formula is C24H19ClFN9O2. The highest BCUT2D eigenvalue weighted by Crippen LogP contribution is 2.39. The highest BCUT2D eigenvalue weighted by Gasteiger charge is 2.34. The van der Waals surface area contributed by atoms with Crippen molar-refractivity contribution in [1.29, 1.82) is 0 Å². The Morgan fingerprint density at radius 2 is 2.08 bits per heavy atom. The Kier molecular flexibility index (Phi) is 5.52. The van der Waals surface area contributed by atoms with Gasteiger partial charge in [-0.05, 0) is 35.0 Å². The number of nitrogens with one attached hydrogen (secondary N) is 1.